The highest BCUT2D eigenvalue weighted by Crippen LogP contribution is 2.37. The number of rotatable bonds is 0. The molecule has 2 aliphatic rings. The van der Waals surface area contributed by atoms with E-state index in [1.807, 2.05) is 24.4 Å². The standard InChI is InChI=1S/C19H17ClN2.CH4/c20-16-5-6-17-15(12-16)4-3-14-2-1-9-22-19(14)18(17)13-7-10-21-11-8-13;/h1-6,9,12,21H,7-8,10-11H2;1H4. The first-order valence-corrected chi connectivity index (χ1v) is 8.07. The summed E-state index contributed by atoms with van der Waals surface area (Å²) in [4.78, 5) is 4.69. The zero-order chi connectivity index (χ0) is 14.9. The van der Waals surface area contributed by atoms with Crippen LogP contribution in [0.25, 0.3) is 17.7 Å². The number of benzene rings is 1. The van der Waals surface area contributed by atoms with Crippen LogP contribution < -0.4 is 5.32 Å². The average molecular weight is 325 g/mol. The predicted molar refractivity (Wildman–Crippen MR) is 99.5 cm³/mol. The molecule has 118 valence electrons. The van der Waals surface area contributed by atoms with Crippen LogP contribution in [0.15, 0.2) is 42.1 Å². The molecule has 3 heteroatoms. The van der Waals surface area contributed by atoms with Crippen molar-refractivity contribution in [2.24, 2.45) is 0 Å². The lowest BCUT2D eigenvalue weighted by Gasteiger charge is -2.21. The molecule has 1 aliphatic carbocycles. The van der Waals surface area contributed by atoms with Gasteiger partial charge in [0, 0.05) is 22.4 Å². The lowest BCUT2D eigenvalue weighted by molar-refractivity contribution is 0.611. The molecule has 23 heavy (non-hydrogen) atoms. The van der Waals surface area contributed by atoms with E-state index in [1.54, 1.807) is 0 Å². The molecular formula is C20H21ClN2. The van der Waals surface area contributed by atoms with Gasteiger partial charge in [0.2, 0.25) is 0 Å². The number of nitrogens with zero attached hydrogens (tertiary/aromatic N) is 1. The Hall–Kier alpha value is -1.90. The highest BCUT2D eigenvalue weighted by molar-refractivity contribution is 6.30. The number of fused-ring (bicyclic) bond motifs is 2. The fourth-order valence-electron chi connectivity index (χ4n) is 3.30. The van der Waals surface area contributed by atoms with Crippen molar-refractivity contribution >= 4 is 29.3 Å². The molecule has 0 atom stereocenters. The van der Waals surface area contributed by atoms with Gasteiger partial charge in [-0.05, 0) is 55.3 Å². The Kier molecular flexibility index (Phi) is 4.65. The molecule has 0 amide bonds. The molecule has 0 unspecified atom stereocenters. The third-order valence-corrected chi connectivity index (χ3v) is 4.60. The number of halogens is 1. The van der Waals surface area contributed by atoms with Crippen molar-refractivity contribution in [3.63, 3.8) is 0 Å². The largest absolute Gasteiger partial charge is 0.316 e. The third kappa shape index (κ3) is 2.97. The zero-order valence-corrected chi connectivity index (χ0v) is 13.0. The fraction of sp³-hybridized carbons (Fsp3) is 0.250. The lowest BCUT2D eigenvalue weighted by Crippen LogP contribution is -2.24. The Morgan fingerprint density at radius 3 is 2.61 bits per heavy atom. The van der Waals surface area contributed by atoms with Gasteiger partial charge in [0.05, 0.1) is 5.69 Å². The third-order valence-electron chi connectivity index (χ3n) is 4.36. The van der Waals surface area contributed by atoms with Gasteiger partial charge in [-0.2, -0.15) is 0 Å². The molecule has 0 radical (unpaired) electrons. The lowest BCUT2D eigenvalue weighted by atomic mass is 9.89. The van der Waals surface area contributed by atoms with Gasteiger partial charge < -0.3 is 5.32 Å². The minimum absolute atomic E-state index is 0. The van der Waals surface area contributed by atoms with Crippen LogP contribution in [0.5, 0.6) is 0 Å². The van der Waals surface area contributed by atoms with Gasteiger partial charge in [-0.3, -0.25) is 4.98 Å². The zero-order valence-electron chi connectivity index (χ0n) is 12.3. The molecule has 1 saturated heterocycles. The van der Waals surface area contributed by atoms with Crippen LogP contribution in [0, 0.1) is 0 Å². The number of piperidine rings is 1. The van der Waals surface area contributed by atoms with E-state index in [-0.39, 0.29) is 7.43 Å². The van der Waals surface area contributed by atoms with Crippen molar-refractivity contribution in [1.29, 1.82) is 0 Å². The SMILES string of the molecule is C.Clc1ccc2c(c1)C=Cc1cccnc1C2=C1CCNCC1. The summed E-state index contributed by atoms with van der Waals surface area (Å²) in [6.07, 6.45) is 8.33. The quantitative estimate of drug-likeness (QED) is 0.626. The summed E-state index contributed by atoms with van der Waals surface area (Å²) in [7, 11) is 0. The van der Waals surface area contributed by atoms with Crippen LogP contribution in [-0.4, -0.2) is 18.1 Å². The Balaban J connectivity index is 0.00000156. The smallest absolute Gasteiger partial charge is 0.0780 e. The number of hydrogen-bond donors (Lipinski definition) is 1. The van der Waals surface area contributed by atoms with E-state index in [9.17, 15) is 0 Å². The normalized spacial score (nSPS) is 16.2. The molecule has 2 nitrogen and oxygen atoms in total. The summed E-state index contributed by atoms with van der Waals surface area (Å²) >= 11 is 6.20. The van der Waals surface area contributed by atoms with Crippen LogP contribution in [0.1, 0.15) is 42.7 Å². The molecule has 1 aromatic carbocycles. The van der Waals surface area contributed by atoms with Crippen molar-refractivity contribution < 1.29 is 0 Å². The Labute approximate surface area is 142 Å². The molecule has 1 aromatic heterocycles. The van der Waals surface area contributed by atoms with Crippen molar-refractivity contribution in [1.82, 2.24) is 10.3 Å². The second-order valence-corrected chi connectivity index (χ2v) is 6.17. The van der Waals surface area contributed by atoms with Crippen LogP contribution in [0.2, 0.25) is 5.02 Å². The van der Waals surface area contributed by atoms with E-state index in [1.165, 1.54) is 27.8 Å². The predicted octanol–water partition coefficient (Wildman–Crippen LogP) is 5.04. The number of pyridine rings is 1. The van der Waals surface area contributed by atoms with Crippen LogP contribution in [0.3, 0.4) is 0 Å². The monoisotopic (exact) mass is 324 g/mol. The first-order chi connectivity index (χ1) is 10.8. The minimum atomic E-state index is 0. The van der Waals surface area contributed by atoms with Crippen LogP contribution in [-0.2, 0) is 0 Å². The molecule has 2 aromatic rings. The maximum absolute atomic E-state index is 6.20. The average Bonchev–Trinajstić information content (AvgIpc) is 2.72. The van der Waals surface area contributed by atoms with Gasteiger partial charge in [0.25, 0.3) is 0 Å². The summed E-state index contributed by atoms with van der Waals surface area (Å²) < 4.78 is 0. The van der Waals surface area contributed by atoms with E-state index < -0.39 is 0 Å². The van der Waals surface area contributed by atoms with Crippen molar-refractivity contribution in [2.75, 3.05) is 13.1 Å². The second-order valence-electron chi connectivity index (χ2n) is 5.73. The molecule has 2 heterocycles. The molecule has 0 saturated carbocycles. The first-order valence-electron chi connectivity index (χ1n) is 7.69. The molecule has 1 aliphatic heterocycles. The van der Waals surface area contributed by atoms with Crippen molar-refractivity contribution in [3.8, 4) is 0 Å². The second kappa shape index (κ2) is 6.69. The molecule has 4 rings (SSSR count). The fourth-order valence-corrected chi connectivity index (χ4v) is 3.48. The first kappa shape index (κ1) is 16.0. The van der Waals surface area contributed by atoms with E-state index in [4.69, 9.17) is 16.6 Å². The summed E-state index contributed by atoms with van der Waals surface area (Å²) in [5.74, 6) is 0. The van der Waals surface area contributed by atoms with Gasteiger partial charge in [0.1, 0.15) is 0 Å². The molecular weight excluding hydrogens is 304 g/mol. The molecule has 0 bridgehead atoms. The topological polar surface area (TPSA) is 24.9 Å². The van der Waals surface area contributed by atoms with E-state index in [2.05, 4.69) is 29.6 Å². The maximum Gasteiger partial charge on any atom is 0.0780 e. The Morgan fingerprint density at radius 1 is 1.00 bits per heavy atom. The van der Waals surface area contributed by atoms with Crippen LogP contribution in [0.4, 0.5) is 0 Å². The summed E-state index contributed by atoms with van der Waals surface area (Å²) in [5, 5.41) is 4.21. The highest BCUT2D eigenvalue weighted by Gasteiger charge is 2.21. The number of aromatic nitrogens is 1. The Morgan fingerprint density at radius 2 is 1.78 bits per heavy atom. The summed E-state index contributed by atoms with van der Waals surface area (Å²) in [6, 6.07) is 10.3. The molecule has 1 N–H and O–H groups in total. The van der Waals surface area contributed by atoms with Crippen molar-refractivity contribution in [2.45, 2.75) is 20.3 Å². The van der Waals surface area contributed by atoms with E-state index in [0.717, 1.165) is 36.6 Å². The highest BCUT2D eigenvalue weighted by atomic mass is 35.5. The van der Waals surface area contributed by atoms with E-state index >= 15 is 0 Å². The van der Waals surface area contributed by atoms with Gasteiger partial charge in [-0.25, -0.2) is 0 Å². The van der Waals surface area contributed by atoms with Gasteiger partial charge in [-0.15, -0.1) is 0 Å². The number of nitrogens with one attached hydrogen (secondary N) is 1. The van der Waals surface area contributed by atoms with Crippen LogP contribution >= 0.6 is 11.6 Å². The maximum atomic E-state index is 6.20. The summed E-state index contributed by atoms with van der Waals surface area (Å²) in [5.41, 5.74) is 7.48. The van der Waals surface area contributed by atoms with Crippen molar-refractivity contribution in [3.05, 3.63) is 69.5 Å². The van der Waals surface area contributed by atoms with Gasteiger partial charge in [-0.1, -0.05) is 48.9 Å². The minimum Gasteiger partial charge on any atom is -0.316 e. The number of hydrogen-bond acceptors (Lipinski definition) is 2. The van der Waals surface area contributed by atoms with Gasteiger partial charge >= 0.3 is 0 Å². The summed E-state index contributed by atoms with van der Waals surface area (Å²) in [6.45, 7) is 2.08. The van der Waals surface area contributed by atoms with E-state index in [0.29, 0.717) is 0 Å². The van der Waals surface area contributed by atoms with Gasteiger partial charge in [0.15, 0.2) is 0 Å². The Bertz CT molecular complexity index is 782. The molecule has 1 fully saturated rings. The molecule has 0 spiro atoms.